The van der Waals surface area contributed by atoms with Crippen molar-refractivity contribution in [3.63, 3.8) is 0 Å². The third kappa shape index (κ3) is 12.4. The smallest absolute Gasteiger partial charge is 0.326 e. The van der Waals surface area contributed by atoms with Gasteiger partial charge in [0.15, 0.2) is 0 Å². The van der Waals surface area contributed by atoms with E-state index in [1.165, 1.54) is 6.92 Å². The van der Waals surface area contributed by atoms with Gasteiger partial charge in [-0.15, -0.1) is 0 Å². The van der Waals surface area contributed by atoms with Crippen LogP contribution < -0.4 is 32.7 Å². The van der Waals surface area contributed by atoms with Gasteiger partial charge < -0.3 is 42.9 Å². The van der Waals surface area contributed by atoms with Crippen LogP contribution in [0.25, 0.3) is 0 Å². The number of carbonyl (C=O) groups excluding carboxylic acids is 5. The number of aliphatic hydroxyl groups is 1. The molecule has 188 valence electrons. The predicted octanol–water partition coefficient (Wildman–Crippen LogP) is -3.56. The van der Waals surface area contributed by atoms with E-state index in [0.717, 1.165) is 6.92 Å². The third-order valence-corrected chi connectivity index (χ3v) is 4.50. The van der Waals surface area contributed by atoms with E-state index >= 15 is 0 Å². The van der Waals surface area contributed by atoms with Gasteiger partial charge in [0, 0.05) is 13.3 Å². The largest absolute Gasteiger partial charge is 0.480 e. The van der Waals surface area contributed by atoms with Crippen molar-refractivity contribution in [3.05, 3.63) is 0 Å². The first-order chi connectivity index (χ1) is 15.4. The summed E-state index contributed by atoms with van der Waals surface area (Å²) in [7, 11) is 0. The number of amides is 5. The topological polar surface area (TPSA) is 243 Å². The SMILES string of the molecule is CC(=O)N[C@@H](CO)C(=O)N[C@@H](C)C(=O)N[C@@H](CCC(N)=O)C(=O)N[C@@H](CCCCN)C(=O)O. The number of carbonyl (C=O) groups is 6. The van der Waals surface area contributed by atoms with Crippen molar-refractivity contribution in [2.75, 3.05) is 13.2 Å². The van der Waals surface area contributed by atoms with E-state index in [0.29, 0.717) is 19.4 Å². The molecule has 0 aromatic carbocycles. The van der Waals surface area contributed by atoms with Crippen molar-refractivity contribution >= 4 is 35.5 Å². The van der Waals surface area contributed by atoms with E-state index in [9.17, 15) is 39.0 Å². The number of primary amides is 1. The number of nitrogens with two attached hydrogens (primary N) is 2. The van der Waals surface area contributed by atoms with Gasteiger partial charge in [0.25, 0.3) is 0 Å². The summed E-state index contributed by atoms with van der Waals surface area (Å²) in [5, 5.41) is 27.7. The molecule has 0 bridgehead atoms. The summed E-state index contributed by atoms with van der Waals surface area (Å²) in [5.41, 5.74) is 10.5. The summed E-state index contributed by atoms with van der Waals surface area (Å²) in [6.45, 7) is 2.10. The number of carboxylic acids is 1. The summed E-state index contributed by atoms with van der Waals surface area (Å²) >= 11 is 0. The van der Waals surface area contributed by atoms with Crippen molar-refractivity contribution in [2.24, 2.45) is 11.5 Å². The van der Waals surface area contributed by atoms with E-state index in [1.54, 1.807) is 0 Å². The molecule has 10 N–H and O–H groups in total. The lowest BCUT2D eigenvalue weighted by atomic mass is 10.1. The Bertz CT molecular complexity index is 716. The van der Waals surface area contributed by atoms with Crippen molar-refractivity contribution in [1.29, 1.82) is 0 Å². The van der Waals surface area contributed by atoms with Gasteiger partial charge in [0.2, 0.25) is 29.5 Å². The van der Waals surface area contributed by atoms with Crippen LogP contribution in [0.1, 0.15) is 46.0 Å². The van der Waals surface area contributed by atoms with Crippen LogP contribution in [-0.4, -0.2) is 83.0 Å². The second-order valence-electron chi connectivity index (χ2n) is 7.42. The maximum absolute atomic E-state index is 12.6. The second kappa shape index (κ2) is 15.5. The lowest BCUT2D eigenvalue weighted by Crippen LogP contribution is -2.57. The minimum Gasteiger partial charge on any atom is -0.480 e. The highest BCUT2D eigenvalue weighted by Gasteiger charge is 2.29. The highest BCUT2D eigenvalue weighted by molar-refractivity contribution is 5.94. The molecule has 0 fully saturated rings. The zero-order valence-electron chi connectivity index (χ0n) is 18.8. The number of carboxylic acid groups (broad SMARTS) is 1. The molecule has 0 aliphatic heterocycles. The summed E-state index contributed by atoms with van der Waals surface area (Å²) in [6.07, 6.45) is 0.668. The van der Waals surface area contributed by atoms with Crippen molar-refractivity contribution in [3.8, 4) is 0 Å². The average Bonchev–Trinajstić information content (AvgIpc) is 2.73. The fourth-order valence-electron chi connectivity index (χ4n) is 2.69. The third-order valence-electron chi connectivity index (χ3n) is 4.50. The van der Waals surface area contributed by atoms with Gasteiger partial charge in [0.05, 0.1) is 6.61 Å². The minimum atomic E-state index is -1.30. The molecule has 0 aliphatic rings. The highest BCUT2D eigenvalue weighted by atomic mass is 16.4. The van der Waals surface area contributed by atoms with Gasteiger partial charge in [-0.2, -0.15) is 0 Å². The number of hydrogen-bond acceptors (Lipinski definition) is 8. The molecule has 4 atom stereocenters. The van der Waals surface area contributed by atoms with Crippen LogP contribution >= 0.6 is 0 Å². The first-order valence-corrected chi connectivity index (χ1v) is 10.4. The van der Waals surface area contributed by atoms with E-state index in [1.807, 2.05) is 0 Å². The molecule has 0 rings (SSSR count). The van der Waals surface area contributed by atoms with E-state index < -0.39 is 66.3 Å². The van der Waals surface area contributed by atoms with E-state index in [2.05, 4.69) is 21.3 Å². The summed E-state index contributed by atoms with van der Waals surface area (Å²) < 4.78 is 0. The van der Waals surface area contributed by atoms with E-state index in [4.69, 9.17) is 11.5 Å². The average molecular weight is 475 g/mol. The molecule has 0 saturated carbocycles. The molecule has 14 heteroatoms. The summed E-state index contributed by atoms with van der Waals surface area (Å²) in [5.74, 6) is -5.06. The van der Waals surface area contributed by atoms with Crippen LogP contribution in [0.5, 0.6) is 0 Å². The van der Waals surface area contributed by atoms with E-state index in [-0.39, 0.29) is 19.3 Å². The van der Waals surface area contributed by atoms with Crippen LogP contribution in [0.15, 0.2) is 0 Å². The Morgan fingerprint density at radius 2 is 1.39 bits per heavy atom. The lowest BCUT2D eigenvalue weighted by molar-refractivity contribution is -0.142. The number of hydrogen-bond donors (Lipinski definition) is 8. The fourth-order valence-corrected chi connectivity index (χ4v) is 2.69. The molecule has 0 unspecified atom stereocenters. The van der Waals surface area contributed by atoms with Crippen LogP contribution in [0.3, 0.4) is 0 Å². The summed E-state index contributed by atoms with van der Waals surface area (Å²) in [4.78, 5) is 70.9. The fraction of sp³-hybridized carbons (Fsp3) is 0.684. The standard InChI is InChI=1S/C19H34N6O8/c1-10(22-18(31)14(9-26)23-11(2)27)16(29)24-12(6-7-15(21)28)17(30)25-13(19(32)33)5-3-4-8-20/h10,12-14,26H,3-9,20H2,1-2H3,(H2,21,28)(H,22,31)(H,23,27)(H,24,29)(H,25,30)(H,32,33)/t10-,12-,13-,14-/m0/s1. The molecule has 5 amide bonds. The monoisotopic (exact) mass is 474 g/mol. The summed E-state index contributed by atoms with van der Waals surface area (Å²) in [6, 6.07) is -5.00. The first kappa shape index (κ1) is 29.7. The number of aliphatic carboxylic acids is 1. The molecule has 0 spiro atoms. The molecule has 14 nitrogen and oxygen atoms in total. The Morgan fingerprint density at radius 3 is 1.88 bits per heavy atom. The van der Waals surface area contributed by atoms with Crippen LogP contribution in [-0.2, 0) is 28.8 Å². The quantitative estimate of drug-likeness (QED) is 0.103. The Labute approximate surface area is 191 Å². The minimum absolute atomic E-state index is 0.118. The van der Waals surface area contributed by atoms with Gasteiger partial charge >= 0.3 is 5.97 Å². The molecule has 0 saturated heterocycles. The van der Waals surface area contributed by atoms with Gasteiger partial charge in [-0.05, 0) is 39.2 Å². The lowest BCUT2D eigenvalue weighted by Gasteiger charge is -2.24. The van der Waals surface area contributed by atoms with Crippen molar-refractivity contribution < 1.29 is 39.0 Å². The molecular formula is C19H34N6O8. The Kier molecular flexibility index (Phi) is 14.0. The predicted molar refractivity (Wildman–Crippen MR) is 115 cm³/mol. The normalized spacial score (nSPS) is 14.2. The molecule has 0 heterocycles. The second-order valence-corrected chi connectivity index (χ2v) is 7.42. The van der Waals surface area contributed by atoms with Crippen molar-refractivity contribution in [2.45, 2.75) is 70.1 Å². The van der Waals surface area contributed by atoms with Crippen LogP contribution in [0.4, 0.5) is 0 Å². The Morgan fingerprint density at radius 1 is 0.818 bits per heavy atom. The Hall–Kier alpha value is -3.26. The zero-order chi connectivity index (χ0) is 25.6. The van der Waals surface area contributed by atoms with Crippen molar-refractivity contribution in [1.82, 2.24) is 21.3 Å². The van der Waals surface area contributed by atoms with Gasteiger partial charge in [-0.25, -0.2) is 4.79 Å². The number of nitrogens with one attached hydrogen (secondary N) is 4. The molecule has 0 radical (unpaired) electrons. The number of rotatable bonds is 16. The zero-order valence-corrected chi connectivity index (χ0v) is 18.8. The highest BCUT2D eigenvalue weighted by Crippen LogP contribution is 2.04. The maximum Gasteiger partial charge on any atom is 0.326 e. The first-order valence-electron chi connectivity index (χ1n) is 10.4. The van der Waals surface area contributed by atoms with Gasteiger partial charge in [-0.3, -0.25) is 24.0 Å². The molecular weight excluding hydrogens is 440 g/mol. The van der Waals surface area contributed by atoms with Crippen LogP contribution in [0.2, 0.25) is 0 Å². The number of aliphatic hydroxyl groups excluding tert-OH is 1. The Balaban J connectivity index is 5.22. The number of unbranched alkanes of at least 4 members (excludes halogenated alkanes) is 1. The molecule has 0 aromatic rings. The van der Waals surface area contributed by atoms with Gasteiger partial charge in [-0.1, -0.05) is 0 Å². The maximum atomic E-state index is 12.6. The van der Waals surface area contributed by atoms with Gasteiger partial charge in [0.1, 0.15) is 24.2 Å². The molecule has 33 heavy (non-hydrogen) atoms. The molecule has 0 aromatic heterocycles. The molecule has 0 aliphatic carbocycles. The van der Waals surface area contributed by atoms with Crippen LogP contribution in [0, 0.1) is 0 Å².